The minimum atomic E-state index is -0.00984. The Morgan fingerprint density at radius 1 is 1.20 bits per heavy atom. The van der Waals surface area contributed by atoms with Crippen LogP contribution in [0.5, 0.6) is 0 Å². The molecule has 25 heavy (non-hydrogen) atoms. The van der Waals surface area contributed by atoms with Gasteiger partial charge in [0.1, 0.15) is 22.5 Å². The Balaban J connectivity index is 1.85. The van der Waals surface area contributed by atoms with Crippen LogP contribution in [0.3, 0.4) is 0 Å². The summed E-state index contributed by atoms with van der Waals surface area (Å²) >= 11 is 1.58. The van der Waals surface area contributed by atoms with E-state index in [9.17, 15) is 4.79 Å². The first-order chi connectivity index (χ1) is 12.1. The lowest BCUT2D eigenvalue weighted by Gasteiger charge is -2.15. The zero-order valence-corrected chi connectivity index (χ0v) is 15.0. The third-order valence-corrected chi connectivity index (χ3v) is 5.69. The van der Waals surface area contributed by atoms with Crippen molar-refractivity contribution in [2.24, 2.45) is 0 Å². The predicted molar refractivity (Wildman–Crippen MR) is 100 cm³/mol. The summed E-state index contributed by atoms with van der Waals surface area (Å²) < 4.78 is 3.76. The van der Waals surface area contributed by atoms with E-state index in [0.29, 0.717) is 17.1 Å². The zero-order chi connectivity index (χ0) is 17.1. The van der Waals surface area contributed by atoms with Gasteiger partial charge >= 0.3 is 0 Å². The van der Waals surface area contributed by atoms with Crippen LogP contribution in [0, 0.1) is 0 Å². The van der Waals surface area contributed by atoms with Crippen molar-refractivity contribution in [2.45, 2.75) is 38.6 Å². The fraction of sp³-hybridized carbons (Fsp3) is 0.316. The lowest BCUT2D eigenvalue weighted by Crippen LogP contribution is -2.24. The molecule has 1 aliphatic carbocycles. The highest BCUT2D eigenvalue weighted by molar-refractivity contribution is 7.13. The average Bonchev–Trinajstić information content (AvgIpc) is 3.17. The van der Waals surface area contributed by atoms with E-state index < -0.39 is 0 Å². The molecule has 6 heteroatoms. The lowest BCUT2D eigenvalue weighted by atomic mass is 10.2. The second-order valence-corrected chi connectivity index (χ2v) is 7.78. The Morgan fingerprint density at radius 2 is 1.96 bits per heavy atom. The molecule has 0 aliphatic heterocycles. The molecular formula is C19H18N4OS. The van der Waals surface area contributed by atoms with Gasteiger partial charge in [-0.15, -0.1) is 11.3 Å². The highest BCUT2D eigenvalue weighted by Gasteiger charge is 2.27. The normalized spacial score (nSPS) is 14.8. The van der Waals surface area contributed by atoms with Gasteiger partial charge in [-0.1, -0.05) is 12.1 Å². The molecule has 0 amide bonds. The van der Waals surface area contributed by atoms with Crippen molar-refractivity contribution < 1.29 is 0 Å². The number of thiazole rings is 1. The number of imidazole rings is 1. The molecule has 0 saturated heterocycles. The topological polar surface area (TPSA) is 52.2 Å². The van der Waals surface area contributed by atoms with E-state index in [1.54, 1.807) is 17.7 Å². The Morgan fingerprint density at radius 3 is 2.68 bits per heavy atom. The van der Waals surface area contributed by atoms with Gasteiger partial charge < -0.3 is 4.57 Å². The van der Waals surface area contributed by atoms with Gasteiger partial charge in [0.05, 0.1) is 16.7 Å². The van der Waals surface area contributed by atoms with Gasteiger partial charge in [-0.25, -0.2) is 9.97 Å². The van der Waals surface area contributed by atoms with Crippen LogP contribution in [-0.4, -0.2) is 18.9 Å². The van der Waals surface area contributed by atoms with Crippen LogP contribution in [0.4, 0.5) is 0 Å². The van der Waals surface area contributed by atoms with E-state index in [-0.39, 0.29) is 11.6 Å². The molecule has 1 saturated carbocycles. The molecule has 1 aliphatic rings. The first-order valence-corrected chi connectivity index (χ1v) is 9.49. The molecule has 0 unspecified atom stereocenters. The minimum absolute atomic E-state index is 0.00984. The van der Waals surface area contributed by atoms with Gasteiger partial charge in [0.25, 0.3) is 5.56 Å². The number of rotatable bonds is 3. The predicted octanol–water partition coefficient (Wildman–Crippen LogP) is 4.23. The summed E-state index contributed by atoms with van der Waals surface area (Å²) in [5.41, 5.74) is 4.36. The van der Waals surface area contributed by atoms with E-state index >= 15 is 0 Å². The molecule has 5 rings (SSSR count). The highest BCUT2D eigenvalue weighted by Crippen LogP contribution is 2.41. The molecule has 126 valence electrons. The Bertz CT molecular complexity index is 1160. The average molecular weight is 350 g/mol. The molecule has 0 N–H and O–H groups in total. The number of hydrogen-bond acceptors (Lipinski definition) is 4. The summed E-state index contributed by atoms with van der Waals surface area (Å²) in [4.78, 5) is 22.6. The van der Waals surface area contributed by atoms with E-state index in [1.165, 1.54) is 12.8 Å². The number of fused-ring (bicyclic) bond motifs is 3. The zero-order valence-electron chi connectivity index (χ0n) is 14.1. The monoisotopic (exact) mass is 350 g/mol. The van der Waals surface area contributed by atoms with Crippen molar-refractivity contribution in [1.29, 1.82) is 0 Å². The molecular weight excluding hydrogens is 332 g/mol. The molecule has 0 spiro atoms. The first-order valence-electron chi connectivity index (χ1n) is 8.61. The SMILES string of the molecule is CC(C)n1c(=O)c2c(-c3nc(C4CC4)cs3)ncn2c2ccccc21. The van der Waals surface area contributed by atoms with E-state index in [1.807, 2.05) is 47.1 Å². The second-order valence-electron chi connectivity index (χ2n) is 6.92. The third-order valence-electron chi connectivity index (χ3n) is 4.83. The fourth-order valence-electron chi connectivity index (χ4n) is 3.46. The number of aromatic nitrogens is 4. The van der Waals surface area contributed by atoms with E-state index in [2.05, 4.69) is 10.4 Å². The van der Waals surface area contributed by atoms with Crippen LogP contribution in [0.25, 0.3) is 27.3 Å². The van der Waals surface area contributed by atoms with Crippen LogP contribution >= 0.6 is 11.3 Å². The van der Waals surface area contributed by atoms with Gasteiger partial charge in [0, 0.05) is 17.3 Å². The molecule has 0 atom stereocenters. The van der Waals surface area contributed by atoms with Crippen molar-refractivity contribution >= 4 is 27.9 Å². The maximum Gasteiger partial charge on any atom is 0.277 e. The molecule has 3 heterocycles. The van der Waals surface area contributed by atoms with Gasteiger partial charge in [-0.3, -0.25) is 9.20 Å². The molecule has 3 aromatic heterocycles. The van der Waals surface area contributed by atoms with Crippen LogP contribution in [0.1, 0.15) is 44.3 Å². The summed E-state index contributed by atoms with van der Waals surface area (Å²) in [6.07, 6.45) is 4.19. The number of benzene rings is 1. The summed E-state index contributed by atoms with van der Waals surface area (Å²) in [7, 11) is 0. The van der Waals surface area contributed by atoms with Crippen LogP contribution < -0.4 is 5.56 Å². The number of hydrogen-bond donors (Lipinski definition) is 0. The molecule has 0 radical (unpaired) electrons. The maximum absolute atomic E-state index is 13.3. The van der Waals surface area contributed by atoms with E-state index in [0.717, 1.165) is 21.7 Å². The van der Waals surface area contributed by atoms with Gasteiger partial charge in [0.15, 0.2) is 0 Å². The summed E-state index contributed by atoms with van der Waals surface area (Å²) in [5.74, 6) is 0.604. The third kappa shape index (κ3) is 2.17. The summed E-state index contributed by atoms with van der Waals surface area (Å²) in [6, 6.07) is 8.05. The number of nitrogens with zero attached hydrogens (tertiary/aromatic N) is 4. The van der Waals surface area contributed by atoms with E-state index in [4.69, 9.17) is 4.98 Å². The van der Waals surface area contributed by atoms with Crippen molar-refractivity contribution in [2.75, 3.05) is 0 Å². The quantitative estimate of drug-likeness (QED) is 0.555. The molecule has 1 fully saturated rings. The van der Waals surface area contributed by atoms with Crippen molar-refractivity contribution in [1.82, 2.24) is 18.9 Å². The largest absolute Gasteiger partial charge is 0.302 e. The standard InChI is InChI=1S/C19H18N4OS/c1-11(2)23-15-6-4-3-5-14(15)22-10-20-16(17(22)19(23)24)18-21-13(9-25-18)12-7-8-12/h3-6,9-12H,7-8H2,1-2H3. The molecule has 1 aromatic carbocycles. The summed E-state index contributed by atoms with van der Waals surface area (Å²) in [6.45, 7) is 4.07. The van der Waals surface area contributed by atoms with Crippen LogP contribution in [0.2, 0.25) is 0 Å². The number of para-hydroxylation sites is 2. The highest BCUT2D eigenvalue weighted by atomic mass is 32.1. The van der Waals surface area contributed by atoms with Gasteiger partial charge in [0.2, 0.25) is 0 Å². The van der Waals surface area contributed by atoms with Crippen molar-refractivity contribution in [3.63, 3.8) is 0 Å². The maximum atomic E-state index is 13.3. The molecule has 4 aromatic rings. The first kappa shape index (κ1) is 14.8. The minimum Gasteiger partial charge on any atom is -0.302 e. The Kier molecular flexibility index (Phi) is 3.12. The summed E-state index contributed by atoms with van der Waals surface area (Å²) in [5, 5.41) is 2.95. The second kappa shape index (κ2) is 5.26. The van der Waals surface area contributed by atoms with Crippen molar-refractivity contribution in [3.05, 3.63) is 52.0 Å². The molecule has 5 nitrogen and oxygen atoms in total. The molecule has 0 bridgehead atoms. The lowest BCUT2D eigenvalue weighted by molar-refractivity contribution is 0.601. The smallest absolute Gasteiger partial charge is 0.277 e. The van der Waals surface area contributed by atoms with Gasteiger partial charge in [-0.05, 0) is 38.8 Å². The van der Waals surface area contributed by atoms with Crippen LogP contribution in [-0.2, 0) is 0 Å². The van der Waals surface area contributed by atoms with Crippen LogP contribution in [0.15, 0.2) is 40.8 Å². The Hall–Kier alpha value is -2.47. The Labute approximate surface area is 148 Å². The van der Waals surface area contributed by atoms with Gasteiger partial charge in [-0.2, -0.15) is 0 Å². The van der Waals surface area contributed by atoms with Crippen molar-refractivity contribution in [3.8, 4) is 10.7 Å². The fourth-order valence-corrected chi connectivity index (χ4v) is 4.36.